The summed E-state index contributed by atoms with van der Waals surface area (Å²) in [6, 6.07) is 6.83. The Kier molecular flexibility index (Phi) is 5.34. The van der Waals surface area contributed by atoms with Crippen molar-refractivity contribution >= 4 is 11.0 Å². The molecule has 0 saturated carbocycles. The molecule has 0 aliphatic heterocycles. The lowest BCUT2D eigenvalue weighted by Gasteiger charge is -2.16. The molecular weight excluding hydrogens is 435 g/mol. The van der Waals surface area contributed by atoms with Gasteiger partial charge in [-0.2, -0.15) is 18.3 Å². The maximum absolute atomic E-state index is 13.6. The molecule has 10 heteroatoms. The summed E-state index contributed by atoms with van der Waals surface area (Å²) in [7, 11) is 4.74. The summed E-state index contributed by atoms with van der Waals surface area (Å²) in [6.07, 6.45) is -4.52. The lowest BCUT2D eigenvalue weighted by Crippen LogP contribution is -2.13. The van der Waals surface area contributed by atoms with E-state index in [0.29, 0.717) is 28.3 Å². The summed E-state index contributed by atoms with van der Waals surface area (Å²) in [5.41, 5.74) is 1.25. The van der Waals surface area contributed by atoms with Gasteiger partial charge in [-0.1, -0.05) is 39.0 Å². The van der Waals surface area contributed by atoms with Crippen LogP contribution < -0.4 is 9.47 Å². The molecule has 0 saturated heterocycles. The Balaban J connectivity index is 1.94. The predicted octanol–water partition coefficient (Wildman–Crippen LogP) is 5.36. The number of aromatic amines is 1. The van der Waals surface area contributed by atoms with Crippen molar-refractivity contribution in [1.29, 1.82) is 0 Å². The van der Waals surface area contributed by atoms with E-state index in [1.165, 1.54) is 31.4 Å². The predicted molar refractivity (Wildman–Crippen MR) is 118 cm³/mol. The first-order chi connectivity index (χ1) is 15.5. The molecule has 3 aromatic heterocycles. The van der Waals surface area contributed by atoms with Crippen molar-refractivity contribution in [2.24, 2.45) is 7.05 Å². The van der Waals surface area contributed by atoms with Crippen molar-refractivity contribution < 1.29 is 22.6 Å². The third-order valence-electron chi connectivity index (χ3n) is 5.28. The largest absolute Gasteiger partial charge is 0.492 e. The van der Waals surface area contributed by atoms with Gasteiger partial charge >= 0.3 is 6.18 Å². The van der Waals surface area contributed by atoms with Crippen LogP contribution in [-0.2, 0) is 18.6 Å². The van der Waals surface area contributed by atoms with Crippen molar-refractivity contribution in [3.8, 4) is 34.4 Å². The van der Waals surface area contributed by atoms with E-state index in [1.54, 1.807) is 18.8 Å². The van der Waals surface area contributed by atoms with Crippen LogP contribution in [0.15, 0.2) is 30.3 Å². The first-order valence-electron chi connectivity index (χ1n) is 10.2. The van der Waals surface area contributed by atoms with Crippen molar-refractivity contribution in [1.82, 2.24) is 24.7 Å². The smallest absolute Gasteiger partial charge is 0.417 e. The Bertz CT molecular complexity index is 1330. The van der Waals surface area contributed by atoms with E-state index in [0.717, 1.165) is 11.8 Å². The van der Waals surface area contributed by atoms with Crippen LogP contribution in [0.4, 0.5) is 13.2 Å². The molecule has 0 radical (unpaired) electrons. The summed E-state index contributed by atoms with van der Waals surface area (Å²) in [6.45, 7) is 6.08. The van der Waals surface area contributed by atoms with Crippen LogP contribution in [0.5, 0.6) is 11.6 Å². The van der Waals surface area contributed by atoms with E-state index < -0.39 is 11.7 Å². The normalized spacial score (nSPS) is 12.4. The zero-order valence-corrected chi connectivity index (χ0v) is 19.1. The number of halogens is 3. The molecule has 1 N–H and O–H groups in total. The second kappa shape index (κ2) is 7.79. The van der Waals surface area contributed by atoms with Gasteiger partial charge in [0.15, 0.2) is 17.1 Å². The van der Waals surface area contributed by atoms with Crippen LogP contribution in [0, 0.1) is 0 Å². The number of benzene rings is 1. The minimum atomic E-state index is -4.52. The molecule has 0 bridgehead atoms. The van der Waals surface area contributed by atoms with Gasteiger partial charge in [-0.25, -0.2) is 9.97 Å². The number of methoxy groups -OCH3 is 2. The molecule has 4 aromatic rings. The fourth-order valence-electron chi connectivity index (χ4n) is 3.78. The summed E-state index contributed by atoms with van der Waals surface area (Å²) in [4.78, 5) is 12.1. The number of aryl methyl sites for hydroxylation is 1. The number of ether oxygens (including phenoxy) is 2. The zero-order chi connectivity index (χ0) is 24.1. The average Bonchev–Trinajstić information content (AvgIpc) is 3.32. The molecular formula is C23H24F3N5O2. The van der Waals surface area contributed by atoms with Gasteiger partial charge in [-0.3, -0.25) is 4.68 Å². The quantitative estimate of drug-likeness (QED) is 0.445. The monoisotopic (exact) mass is 459 g/mol. The second-order valence-electron chi connectivity index (χ2n) is 8.65. The van der Waals surface area contributed by atoms with Gasteiger partial charge in [0, 0.05) is 18.0 Å². The molecule has 0 aliphatic carbocycles. The summed E-state index contributed by atoms with van der Waals surface area (Å²) in [5, 5.41) is 4.61. The molecule has 0 spiro atoms. The molecule has 4 rings (SSSR count). The van der Waals surface area contributed by atoms with E-state index in [9.17, 15) is 13.2 Å². The average molecular weight is 459 g/mol. The van der Waals surface area contributed by atoms with Crippen molar-refractivity contribution in [3.63, 3.8) is 0 Å². The number of hydrogen-bond donors (Lipinski definition) is 1. The van der Waals surface area contributed by atoms with Crippen molar-refractivity contribution in [3.05, 3.63) is 41.6 Å². The van der Waals surface area contributed by atoms with E-state index in [1.807, 2.05) is 20.8 Å². The van der Waals surface area contributed by atoms with Gasteiger partial charge in [0.05, 0.1) is 31.0 Å². The highest BCUT2D eigenvalue weighted by Crippen LogP contribution is 2.41. The molecule has 0 aliphatic rings. The van der Waals surface area contributed by atoms with Crippen molar-refractivity contribution in [2.45, 2.75) is 32.4 Å². The van der Waals surface area contributed by atoms with Crippen LogP contribution in [0.2, 0.25) is 0 Å². The number of pyridine rings is 1. The van der Waals surface area contributed by atoms with Crippen LogP contribution >= 0.6 is 0 Å². The number of nitrogens with zero attached hydrogens (tertiary/aromatic N) is 4. The van der Waals surface area contributed by atoms with Gasteiger partial charge in [0.2, 0.25) is 5.88 Å². The molecule has 0 amide bonds. The Morgan fingerprint density at radius 2 is 1.70 bits per heavy atom. The first kappa shape index (κ1) is 22.6. The molecule has 1 aromatic carbocycles. The van der Waals surface area contributed by atoms with Gasteiger partial charge < -0.3 is 14.5 Å². The van der Waals surface area contributed by atoms with Crippen molar-refractivity contribution in [2.75, 3.05) is 14.2 Å². The second-order valence-corrected chi connectivity index (χ2v) is 8.65. The Labute approximate surface area is 188 Å². The minimum Gasteiger partial charge on any atom is -0.492 e. The van der Waals surface area contributed by atoms with Gasteiger partial charge in [0.1, 0.15) is 11.4 Å². The van der Waals surface area contributed by atoms with Gasteiger partial charge in [-0.05, 0) is 12.1 Å². The highest BCUT2D eigenvalue weighted by Gasteiger charge is 2.34. The van der Waals surface area contributed by atoms with Crippen LogP contribution in [0.25, 0.3) is 33.8 Å². The Morgan fingerprint density at radius 3 is 2.30 bits per heavy atom. The first-order valence-corrected chi connectivity index (χ1v) is 10.2. The lowest BCUT2D eigenvalue weighted by atomic mass is 9.91. The molecule has 7 nitrogen and oxygen atoms in total. The third kappa shape index (κ3) is 3.90. The number of imidazole rings is 1. The minimum absolute atomic E-state index is 0.0468. The highest BCUT2D eigenvalue weighted by atomic mass is 19.4. The maximum Gasteiger partial charge on any atom is 0.417 e. The van der Waals surface area contributed by atoms with E-state index in [-0.39, 0.29) is 22.6 Å². The van der Waals surface area contributed by atoms with Gasteiger partial charge in [-0.15, -0.1) is 0 Å². The summed E-state index contributed by atoms with van der Waals surface area (Å²) in [5.74, 6) is 1.12. The molecule has 33 heavy (non-hydrogen) atoms. The zero-order valence-electron chi connectivity index (χ0n) is 19.1. The molecule has 3 heterocycles. The topological polar surface area (TPSA) is 77.8 Å². The number of nitrogens with one attached hydrogen (secondary N) is 1. The summed E-state index contributed by atoms with van der Waals surface area (Å²) < 4.78 is 53.4. The van der Waals surface area contributed by atoms with Gasteiger partial charge in [0.25, 0.3) is 0 Å². The molecule has 0 fully saturated rings. The molecule has 174 valence electrons. The molecule has 0 atom stereocenters. The van der Waals surface area contributed by atoms with E-state index >= 15 is 0 Å². The lowest BCUT2D eigenvalue weighted by molar-refractivity contribution is -0.137. The maximum atomic E-state index is 13.6. The standard InChI is InChI=1S/C23H24F3N5O2/c1-22(2,3)19-18(32-5)17(31(4)30-19)20-27-15-11-14(28-21(33-6)16(15)29-20)12-9-7-8-10-13(12)23(24,25)26/h7-11H,1-6H3,(H,27,29). The van der Waals surface area contributed by atoms with E-state index in [2.05, 4.69) is 20.1 Å². The van der Waals surface area contributed by atoms with E-state index in [4.69, 9.17) is 9.47 Å². The van der Waals surface area contributed by atoms with Crippen LogP contribution in [-0.4, -0.2) is 39.0 Å². The SMILES string of the molecule is COc1c(C(C)(C)C)nn(C)c1-c1nc2c(OC)nc(-c3ccccc3C(F)(F)F)cc2[nH]1. The fourth-order valence-corrected chi connectivity index (χ4v) is 3.78. The fraction of sp³-hybridized carbons (Fsp3) is 0.348. The third-order valence-corrected chi connectivity index (χ3v) is 5.28. The number of hydrogen-bond acceptors (Lipinski definition) is 5. The Hall–Kier alpha value is -3.56. The number of aromatic nitrogens is 5. The van der Waals surface area contributed by atoms with Crippen LogP contribution in [0.1, 0.15) is 32.0 Å². The van der Waals surface area contributed by atoms with Crippen LogP contribution in [0.3, 0.4) is 0 Å². The number of fused-ring (bicyclic) bond motifs is 1. The highest BCUT2D eigenvalue weighted by molar-refractivity contribution is 5.87. The number of rotatable bonds is 4. The summed E-state index contributed by atoms with van der Waals surface area (Å²) >= 11 is 0. The number of alkyl halides is 3. The Morgan fingerprint density at radius 1 is 1.00 bits per heavy atom. The number of H-pyrrole nitrogens is 1. The molecule has 0 unspecified atom stereocenters.